The number of carbonyl (C=O) groups excluding carboxylic acids is 1. The monoisotopic (exact) mass is 343 g/mol. The molecule has 0 saturated carbocycles. The second-order valence-electron chi connectivity index (χ2n) is 5.74. The van der Waals surface area contributed by atoms with Crippen LogP contribution in [0.2, 0.25) is 0 Å². The number of ether oxygens (including phenoxy) is 2. The number of amides is 1. The highest BCUT2D eigenvalue weighted by atomic mass is 16.5. The fraction of sp³-hybridized carbons (Fsp3) is 0.263. The molecule has 6 nitrogen and oxygen atoms in total. The van der Waals surface area contributed by atoms with Crippen molar-refractivity contribution < 1.29 is 24.2 Å². The highest BCUT2D eigenvalue weighted by molar-refractivity contribution is 5.94. The molecule has 0 saturated heterocycles. The van der Waals surface area contributed by atoms with Gasteiger partial charge in [-0.05, 0) is 60.9 Å². The Kier molecular flexibility index (Phi) is 6.14. The van der Waals surface area contributed by atoms with Crippen LogP contribution >= 0.6 is 0 Å². The fourth-order valence-corrected chi connectivity index (χ4v) is 2.29. The molecule has 6 heteroatoms. The van der Waals surface area contributed by atoms with Gasteiger partial charge in [0.1, 0.15) is 5.75 Å². The number of carbonyl (C=O) groups is 2. The first-order valence-electron chi connectivity index (χ1n) is 7.75. The van der Waals surface area contributed by atoms with E-state index in [4.69, 9.17) is 14.6 Å². The molecule has 25 heavy (non-hydrogen) atoms. The van der Waals surface area contributed by atoms with Gasteiger partial charge in [0.15, 0.2) is 6.61 Å². The van der Waals surface area contributed by atoms with Gasteiger partial charge in [0.05, 0.1) is 12.2 Å². The smallest absolute Gasteiger partial charge is 0.335 e. The summed E-state index contributed by atoms with van der Waals surface area (Å²) < 4.78 is 10.5. The number of carboxylic acids is 1. The zero-order valence-electron chi connectivity index (χ0n) is 14.5. The van der Waals surface area contributed by atoms with Gasteiger partial charge in [0, 0.05) is 12.8 Å². The number of hydrogen-bond donors (Lipinski definition) is 2. The molecule has 2 rings (SSSR count). The summed E-state index contributed by atoms with van der Waals surface area (Å²) in [6, 6.07) is 10.2. The van der Waals surface area contributed by atoms with Crippen molar-refractivity contribution in [2.75, 3.05) is 19.0 Å². The minimum absolute atomic E-state index is 0.0833. The summed E-state index contributed by atoms with van der Waals surface area (Å²) in [5.41, 5.74) is 3.36. The van der Waals surface area contributed by atoms with Gasteiger partial charge >= 0.3 is 5.97 Å². The lowest BCUT2D eigenvalue weighted by molar-refractivity contribution is -0.118. The summed E-state index contributed by atoms with van der Waals surface area (Å²) in [5.74, 6) is -0.832. The van der Waals surface area contributed by atoms with Crippen molar-refractivity contribution in [1.29, 1.82) is 0 Å². The Balaban J connectivity index is 2.03. The van der Waals surface area contributed by atoms with Crippen LogP contribution in [0, 0.1) is 13.8 Å². The number of carboxylic acid groups (broad SMARTS) is 1. The van der Waals surface area contributed by atoms with E-state index in [2.05, 4.69) is 5.32 Å². The quantitative estimate of drug-likeness (QED) is 0.806. The predicted molar refractivity (Wildman–Crippen MR) is 94.2 cm³/mol. The molecule has 0 atom stereocenters. The van der Waals surface area contributed by atoms with E-state index in [0.717, 1.165) is 11.1 Å². The number of nitrogens with one attached hydrogen (secondary N) is 1. The first-order chi connectivity index (χ1) is 11.9. The van der Waals surface area contributed by atoms with E-state index in [1.807, 2.05) is 26.0 Å². The summed E-state index contributed by atoms with van der Waals surface area (Å²) in [5, 5.41) is 11.8. The van der Waals surface area contributed by atoms with E-state index in [0.29, 0.717) is 17.0 Å². The van der Waals surface area contributed by atoms with Crippen LogP contribution in [0.25, 0.3) is 0 Å². The van der Waals surface area contributed by atoms with Crippen molar-refractivity contribution in [2.24, 2.45) is 0 Å². The average molecular weight is 343 g/mol. The SMILES string of the molecule is COCc1cc(NC(=O)COc2ccc(C)c(C)c2)cc(C(=O)O)c1. The number of methoxy groups -OCH3 is 1. The van der Waals surface area contributed by atoms with Crippen molar-refractivity contribution in [1.82, 2.24) is 0 Å². The van der Waals surface area contributed by atoms with Crippen LogP contribution in [0.1, 0.15) is 27.0 Å². The molecule has 0 heterocycles. The molecule has 0 aliphatic rings. The normalized spacial score (nSPS) is 10.4. The fourth-order valence-electron chi connectivity index (χ4n) is 2.29. The van der Waals surface area contributed by atoms with Crippen LogP contribution in [0.5, 0.6) is 5.75 Å². The molecule has 2 aromatic rings. The Labute approximate surface area is 146 Å². The van der Waals surface area contributed by atoms with Crippen molar-refractivity contribution in [3.8, 4) is 5.75 Å². The lowest BCUT2D eigenvalue weighted by Gasteiger charge is -2.11. The van der Waals surface area contributed by atoms with Gasteiger partial charge in [-0.15, -0.1) is 0 Å². The highest BCUT2D eigenvalue weighted by Crippen LogP contribution is 2.18. The maximum atomic E-state index is 12.1. The van der Waals surface area contributed by atoms with Gasteiger partial charge in [-0.3, -0.25) is 4.79 Å². The van der Waals surface area contributed by atoms with Crippen LogP contribution in [0.3, 0.4) is 0 Å². The van der Waals surface area contributed by atoms with E-state index in [1.54, 1.807) is 12.1 Å². The third kappa shape index (κ3) is 5.32. The van der Waals surface area contributed by atoms with Crippen LogP contribution < -0.4 is 10.1 Å². The second-order valence-corrected chi connectivity index (χ2v) is 5.74. The molecule has 132 valence electrons. The van der Waals surface area contributed by atoms with Crippen LogP contribution in [0.4, 0.5) is 5.69 Å². The van der Waals surface area contributed by atoms with E-state index in [-0.39, 0.29) is 24.7 Å². The molecule has 0 aliphatic heterocycles. The van der Waals surface area contributed by atoms with E-state index >= 15 is 0 Å². The predicted octanol–water partition coefficient (Wildman–Crippen LogP) is 3.17. The van der Waals surface area contributed by atoms with Crippen molar-refractivity contribution in [3.05, 3.63) is 58.7 Å². The molecular formula is C19H21NO5. The maximum absolute atomic E-state index is 12.1. The molecule has 0 aliphatic carbocycles. The van der Waals surface area contributed by atoms with Crippen LogP contribution in [-0.2, 0) is 16.1 Å². The number of aryl methyl sites for hydroxylation is 2. The zero-order chi connectivity index (χ0) is 18.4. The summed E-state index contributed by atoms with van der Waals surface area (Å²) in [6.07, 6.45) is 0. The molecule has 2 N–H and O–H groups in total. The van der Waals surface area contributed by atoms with Gasteiger partial charge in [-0.1, -0.05) is 6.07 Å². The zero-order valence-corrected chi connectivity index (χ0v) is 14.5. The summed E-state index contributed by atoms with van der Waals surface area (Å²) in [4.78, 5) is 23.3. The highest BCUT2D eigenvalue weighted by Gasteiger charge is 2.10. The minimum atomic E-state index is -1.07. The summed E-state index contributed by atoms with van der Waals surface area (Å²) in [7, 11) is 1.52. The van der Waals surface area contributed by atoms with Crippen molar-refractivity contribution in [3.63, 3.8) is 0 Å². The van der Waals surface area contributed by atoms with Gasteiger partial charge in [-0.2, -0.15) is 0 Å². The summed E-state index contributed by atoms with van der Waals surface area (Å²) in [6.45, 7) is 4.05. The standard InChI is InChI=1S/C19H21NO5/c1-12-4-5-17(6-13(12)2)25-11-18(21)20-16-8-14(10-24-3)7-15(9-16)19(22)23/h4-9H,10-11H2,1-3H3,(H,20,21)(H,22,23). The Morgan fingerprint density at radius 3 is 2.48 bits per heavy atom. The topological polar surface area (TPSA) is 84.9 Å². The number of rotatable bonds is 7. The first kappa shape index (κ1) is 18.5. The van der Waals surface area contributed by atoms with E-state index in [1.165, 1.54) is 19.2 Å². The van der Waals surface area contributed by atoms with Gasteiger partial charge < -0.3 is 19.9 Å². The van der Waals surface area contributed by atoms with Gasteiger partial charge in [0.25, 0.3) is 5.91 Å². The molecule has 0 spiro atoms. The number of anilines is 1. The van der Waals surface area contributed by atoms with E-state index in [9.17, 15) is 9.59 Å². The first-order valence-corrected chi connectivity index (χ1v) is 7.75. The molecule has 0 unspecified atom stereocenters. The van der Waals surface area contributed by atoms with Crippen molar-refractivity contribution in [2.45, 2.75) is 20.5 Å². The molecule has 0 radical (unpaired) electrons. The lowest BCUT2D eigenvalue weighted by Crippen LogP contribution is -2.20. The number of hydrogen-bond acceptors (Lipinski definition) is 4. The Bertz CT molecular complexity index is 785. The van der Waals surface area contributed by atoms with Crippen molar-refractivity contribution >= 4 is 17.6 Å². The molecule has 0 fully saturated rings. The lowest BCUT2D eigenvalue weighted by atomic mass is 10.1. The van der Waals surface area contributed by atoms with Crippen LogP contribution in [-0.4, -0.2) is 30.7 Å². The van der Waals surface area contributed by atoms with E-state index < -0.39 is 5.97 Å². The van der Waals surface area contributed by atoms with Crippen LogP contribution in [0.15, 0.2) is 36.4 Å². The molecule has 0 bridgehead atoms. The van der Waals surface area contributed by atoms with Gasteiger partial charge in [0.2, 0.25) is 0 Å². The molecule has 1 amide bonds. The third-order valence-corrected chi connectivity index (χ3v) is 3.68. The molecule has 0 aromatic heterocycles. The molecular weight excluding hydrogens is 322 g/mol. The Hall–Kier alpha value is -2.86. The maximum Gasteiger partial charge on any atom is 0.335 e. The summed E-state index contributed by atoms with van der Waals surface area (Å²) >= 11 is 0. The largest absolute Gasteiger partial charge is 0.484 e. The third-order valence-electron chi connectivity index (χ3n) is 3.68. The number of benzene rings is 2. The number of aromatic carboxylic acids is 1. The second kappa shape index (κ2) is 8.30. The minimum Gasteiger partial charge on any atom is -0.484 e. The molecule has 2 aromatic carbocycles. The Morgan fingerprint density at radius 1 is 1.08 bits per heavy atom. The van der Waals surface area contributed by atoms with Gasteiger partial charge in [-0.25, -0.2) is 4.79 Å². The Morgan fingerprint density at radius 2 is 1.84 bits per heavy atom. The average Bonchev–Trinajstić information content (AvgIpc) is 2.56.